The van der Waals surface area contributed by atoms with Gasteiger partial charge in [0.25, 0.3) is 5.91 Å². The molecule has 2 heterocycles. The molecule has 2 aromatic heterocycles. The first-order chi connectivity index (χ1) is 14.6. The van der Waals surface area contributed by atoms with Crippen molar-refractivity contribution < 1.29 is 23.9 Å². The highest BCUT2D eigenvalue weighted by atomic mass is 32.1. The van der Waals surface area contributed by atoms with Crippen LogP contribution < -0.4 is 5.32 Å². The minimum absolute atomic E-state index is 0.223. The maximum Gasteiger partial charge on any atom is 0.340 e. The number of amides is 1. The van der Waals surface area contributed by atoms with Gasteiger partial charge in [-0.1, -0.05) is 24.3 Å². The quantitative estimate of drug-likeness (QED) is 0.404. The molecule has 154 valence electrons. The number of benzene rings is 1. The van der Waals surface area contributed by atoms with E-state index < -0.39 is 24.5 Å². The summed E-state index contributed by atoms with van der Waals surface area (Å²) in [5.74, 6) is -1.69. The number of thiophene rings is 2. The molecule has 1 N–H and O–H groups in total. The topological polar surface area (TPSA) is 81.7 Å². The summed E-state index contributed by atoms with van der Waals surface area (Å²) in [6.07, 6.45) is 1.74. The third-order valence-electron chi connectivity index (χ3n) is 3.87. The van der Waals surface area contributed by atoms with Crippen molar-refractivity contribution in [3.63, 3.8) is 0 Å². The Morgan fingerprint density at radius 3 is 2.43 bits per heavy atom. The number of hydrogen-bond donors (Lipinski definition) is 1. The van der Waals surface area contributed by atoms with Gasteiger partial charge in [-0.25, -0.2) is 9.59 Å². The molecule has 3 rings (SSSR count). The van der Waals surface area contributed by atoms with Gasteiger partial charge in [0.15, 0.2) is 6.61 Å². The molecular formula is C22H19NO5S2. The van der Waals surface area contributed by atoms with E-state index >= 15 is 0 Å². The van der Waals surface area contributed by atoms with Crippen molar-refractivity contribution >= 4 is 57.9 Å². The first-order valence-corrected chi connectivity index (χ1v) is 10.9. The van der Waals surface area contributed by atoms with E-state index in [1.54, 1.807) is 37.3 Å². The Kier molecular flexibility index (Phi) is 7.53. The van der Waals surface area contributed by atoms with Crippen molar-refractivity contribution in [2.75, 3.05) is 18.5 Å². The molecule has 3 aromatic rings. The van der Waals surface area contributed by atoms with Gasteiger partial charge in [0, 0.05) is 9.75 Å². The summed E-state index contributed by atoms with van der Waals surface area (Å²) in [6.45, 7) is 1.44. The highest BCUT2D eigenvalue weighted by Gasteiger charge is 2.18. The summed E-state index contributed by atoms with van der Waals surface area (Å²) in [5, 5.41) is 6.37. The number of para-hydroxylation sites is 1. The van der Waals surface area contributed by atoms with Crippen molar-refractivity contribution in [1.29, 1.82) is 0 Å². The fraction of sp³-hybridized carbons (Fsp3) is 0.136. The van der Waals surface area contributed by atoms with E-state index in [4.69, 9.17) is 9.47 Å². The predicted octanol–water partition coefficient (Wildman–Crippen LogP) is 4.71. The Morgan fingerprint density at radius 2 is 1.73 bits per heavy atom. The molecule has 0 radical (unpaired) electrons. The summed E-state index contributed by atoms with van der Waals surface area (Å²) in [4.78, 5) is 38.7. The van der Waals surface area contributed by atoms with Gasteiger partial charge in [-0.05, 0) is 48.0 Å². The first kappa shape index (κ1) is 21.5. The molecule has 0 atom stereocenters. The normalized spacial score (nSPS) is 11.0. The van der Waals surface area contributed by atoms with E-state index in [0.717, 1.165) is 9.75 Å². The number of nitrogens with one attached hydrogen (secondary N) is 1. The standard InChI is InChI=1S/C22H19NO5S2/c1-2-27-21(25)16-8-3-4-9-18(16)23-20(24)14-28-22(26)17(19-10-6-12-30-19)13-15-7-5-11-29-15/h3-13H,2,14H2,1H3,(H,23,24)/b17-13+. The average molecular weight is 442 g/mol. The zero-order chi connectivity index (χ0) is 21.3. The second-order valence-corrected chi connectivity index (χ2v) is 7.87. The molecule has 0 aliphatic carbocycles. The van der Waals surface area contributed by atoms with Crippen LogP contribution in [0.15, 0.2) is 59.3 Å². The Morgan fingerprint density at radius 1 is 0.967 bits per heavy atom. The maximum absolute atomic E-state index is 12.7. The lowest BCUT2D eigenvalue weighted by Gasteiger charge is -2.11. The third-order valence-corrected chi connectivity index (χ3v) is 5.59. The monoisotopic (exact) mass is 441 g/mol. The van der Waals surface area contributed by atoms with Crippen LogP contribution >= 0.6 is 22.7 Å². The van der Waals surface area contributed by atoms with Crippen LogP contribution in [0.5, 0.6) is 0 Å². The van der Waals surface area contributed by atoms with Crippen LogP contribution in [0, 0.1) is 0 Å². The zero-order valence-corrected chi connectivity index (χ0v) is 17.8. The second-order valence-electron chi connectivity index (χ2n) is 5.94. The van der Waals surface area contributed by atoms with E-state index in [1.165, 1.54) is 22.7 Å². The lowest BCUT2D eigenvalue weighted by atomic mass is 10.2. The Labute approximate surface area is 181 Å². The van der Waals surface area contributed by atoms with Crippen LogP contribution in [-0.4, -0.2) is 31.1 Å². The summed E-state index contributed by atoms with van der Waals surface area (Å²) in [6, 6.07) is 13.9. The fourth-order valence-corrected chi connectivity index (χ4v) is 3.94. The SMILES string of the molecule is CCOC(=O)c1ccccc1NC(=O)COC(=O)/C(=C/c1cccs1)c1cccs1. The predicted molar refractivity (Wildman–Crippen MR) is 118 cm³/mol. The van der Waals surface area contributed by atoms with E-state index in [1.807, 2.05) is 35.0 Å². The molecule has 8 heteroatoms. The smallest absolute Gasteiger partial charge is 0.340 e. The van der Waals surface area contributed by atoms with Gasteiger partial charge >= 0.3 is 11.9 Å². The molecule has 0 saturated heterocycles. The summed E-state index contributed by atoms with van der Waals surface area (Å²) in [7, 11) is 0. The number of carbonyl (C=O) groups is 3. The molecule has 30 heavy (non-hydrogen) atoms. The highest BCUT2D eigenvalue weighted by molar-refractivity contribution is 7.12. The van der Waals surface area contributed by atoms with E-state index in [9.17, 15) is 14.4 Å². The van der Waals surface area contributed by atoms with Crippen molar-refractivity contribution in [3.05, 3.63) is 74.6 Å². The Bertz CT molecular complexity index is 1040. The number of esters is 2. The molecule has 0 aliphatic rings. The van der Waals surface area contributed by atoms with Gasteiger partial charge in [0.2, 0.25) is 0 Å². The molecular weight excluding hydrogens is 422 g/mol. The third kappa shape index (κ3) is 5.65. The molecule has 0 spiro atoms. The van der Waals surface area contributed by atoms with Crippen LogP contribution in [-0.2, 0) is 19.1 Å². The van der Waals surface area contributed by atoms with Gasteiger partial charge in [-0.15, -0.1) is 22.7 Å². The lowest BCUT2D eigenvalue weighted by Crippen LogP contribution is -2.22. The van der Waals surface area contributed by atoms with Gasteiger partial charge < -0.3 is 14.8 Å². The largest absolute Gasteiger partial charge is 0.462 e. The number of ether oxygens (including phenoxy) is 2. The molecule has 0 aliphatic heterocycles. The number of anilines is 1. The van der Waals surface area contributed by atoms with Crippen molar-refractivity contribution in [1.82, 2.24) is 0 Å². The molecule has 0 unspecified atom stereocenters. The zero-order valence-electron chi connectivity index (χ0n) is 16.1. The average Bonchev–Trinajstić information content (AvgIpc) is 3.45. The number of hydrogen-bond acceptors (Lipinski definition) is 7. The molecule has 1 amide bonds. The van der Waals surface area contributed by atoms with Gasteiger partial charge in [0.1, 0.15) is 0 Å². The molecule has 6 nitrogen and oxygen atoms in total. The van der Waals surface area contributed by atoms with E-state index in [-0.39, 0.29) is 12.2 Å². The van der Waals surface area contributed by atoms with Crippen LogP contribution in [0.4, 0.5) is 5.69 Å². The first-order valence-electron chi connectivity index (χ1n) is 9.10. The molecule has 1 aromatic carbocycles. The Balaban J connectivity index is 1.67. The number of rotatable bonds is 8. The van der Waals surface area contributed by atoms with Gasteiger partial charge in [-0.2, -0.15) is 0 Å². The molecule has 0 bridgehead atoms. The van der Waals surface area contributed by atoms with Gasteiger partial charge in [-0.3, -0.25) is 4.79 Å². The fourth-order valence-electron chi connectivity index (χ4n) is 2.55. The minimum atomic E-state index is -0.598. The van der Waals surface area contributed by atoms with E-state index in [0.29, 0.717) is 11.3 Å². The van der Waals surface area contributed by atoms with Crippen LogP contribution in [0.25, 0.3) is 11.6 Å². The summed E-state index contributed by atoms with van der Waals surface area (Å²) in [5.41, 5.74) is 0.910. The van der Waals surface area contributed by atoms with Crippen molar-refractivity contribution in [2.24, 2.45) is 0 Å². The van der Waals surface area contributed by atoms with Crippen molar-refractivity contribution in [2.45, 2.75) is 6.92 Å². The van der Waals surface area contributed by atoms with Crippen LogP contribution in [0.2, 0.25) is 0 Å². The van der Waals surface area contributed by atoms with Crippen molar-refractivity contribution in [3.8, 4) is 0 Å². The molecule has 0 saturated carbocycles. The highest BCUT2D eigenvalue weighted by Crippen LogP contribution is 2.26. The van der Waals surface area contributed by atoms with E-state index in [2.05, 4.69) is 5.32 Å². The maximum atomic E-state index is 12.7. The van der Waals surface area contributed by atoms with Crippen LogP contribution in [0.1, 0.15) is 27.0 Å². The number of carbonyl (C=O) groups excluding carboxylic acids is 3. The van der Waals surface area contributed by atoms with Crippen LogP contribution in [0.3, 0.4) is 0 Å². The van der Waals surface area contributed by atoms with Gasteiger partial charge in [0.05, 0.1) is 23.4 Å². The summed E-state index contributed by atoms with van der Waals surface area (Å²) >= 11 is 2.91. The second kappa shape index (κ2) is 10.5. The molecule has 0 fully saturated rings. The lowest BCUT2D eigenvalue weighted by molar-refractivity contribution is -0.141. The summed E-state index contributed by atoms with van der Waals surface area (Å²) < 4.78 is 10.2. The minimum Gasteiger partial charge on any atom is -0.462 e. The Hall–Kier alpha value is -3.23.